The number of carboxylic acids is 1. The minimum atomic E-state index is -1.18. The topological polar surface area (TPSA) is 102 Å². The Balaban J connectivity index is 2.44. The quantitative estimate of drug-likeness (QED) is 0.634. The van der Waals surface area contributed by atoms with E-state index in [0.717, 1.165) is 6.42 Å². The van der Waals surface area contributed by atoms with Crippen LogP contribution >= 0.6 is 0 Å². The summed E-state index contributed by atoms with van der Waals surface area (Å²) in [7, 11) is 1.23. The molecule has 102 valence electrons. The molecule has 1 rings (SSSR count). The molecule has 2 N–H and O–H groups in total. The van der Waals surface area contributed by atoms with Crippen molar-refractivity contribution in [1.82, 2.24) is 5.32 Å². The normalized spacial score (nSPS) is 20.2. The lowest BCUT2D eigenvalue weighted by atomic mass is 10.1. The van der Waals surface area contributed by atoms with Crippen LogP contribution in [0.2, 0.25) is 0 Å². The molecule has 1 amide bonds. The van der Waals surface area contributed by atoms with Gasteiger partial charge in [-0.25, -0.2) is 4.79 Å². The predicted molar refractivity (Wildman–Crippen MR) is 59.8 cm³/mol. The first kappa shape index (κ1) is 14.4. The molecule has 0 bridgehead atoms. The molecular formula is C11H17NO6. The number of hydrogen-bond donors (Lipinski definition) is 2. The van der Waals surface area contributed by atoms with Gasteiger partial charge >= 0.3 is 11.9 Å². The molecule has 0 aromatic heterocycles. The van der Waals surface area contributed by atoms with Crippen LogP contribution in [0.1, 0.15) is 25.7 Å². The van der Waals surface area contributed by atoms with Crippen molar-refractivity contribution in [2.45, 2.75) is 37.8 Å². The highest BCUT2D eigenvalue weighted by molar-refractivity contribution is 5.86. The Morgan fingerprint density at radius 1 is 1.50 bits per heavy atom. The summed E-state index contributed by atoms with van der Waals surface area (Å²) in [5.74, 6) is -2.12. The van der Waals surface area contributed by atoms with Crippen molar-refractivity contribution < 1.29 is 29.0 Å². The molecule has 0 radical (unpaired) electrons. The van der Waals surface area contributed by atoms with Crippen LogP contribution in [0.4, 0.5) is 0 Å². The minimum Gasteiger partial charge on any atom is -0.480 e. The lowest BCUT2D eigenvalue weighted by Crippen LogP contribution is -2.45. The number of carbonyl (C=O) groups excluding carboxylic acids is 2. The van der Waals surface area contributed by atoms with Gasteiger partial charge in [-0.05, 0) is 19.3 Å². The van der Waals surface area contributed by atoms with Crippen molar-refractivity contribution in [3.05, 3.63) is 0 Å². The van der Waals surface area contributed by atoms with E-state index < -0.39 is 30.0 Å². The van der Waals surface area contributed by atoms with Gasteiger partial charge in [-0.3, -0.25) is 9.59 Å². The van der Waals surface area contributed by atoms with Crippen LogP contribution in [0.5, 0.6) is 0 Å². The second kappa shape index (κ2) is 6.95. The Morgan fingerprint density at radius 2 is 2.22 bits per heavy atom. The van der Waals surface area contributed by atoms with E-state index in [0.29, 0.717) is 13.0 Å². The van der Waals surface area contributed by atoms with Gasteiger partial charge in [-0.15, -0.1) is 0 Å². The van der Waals surface area contributed by atoms with Gasteiger partial charge in [0.05, 0.1) is 7.11 Å². The van der Waals surface area contributed by atoms with Crippen LogP contribution in [0, 0.1) is 0 Å². The van der Waals surface area contributed by atoms with Crippen molar-refractivity contribution >= 4 is 17.8 Å². The first-order chi connectivity index (χ1) is 8.54. The molecule has 1 saturated heterocycles. The number of esters is 1. The van der Waals surface area contributed by atoms with Crippen LogP contribution in [0.15, 0.2) is 0 Å². The van der Waals surface area contributed by atoms with Crippen LogP contribution in [-0.2, 0) is 23.9 Å². The number of carbonyl (C=O) groups is 3. The summed E-state index contributed by atoms with van der Waals surface area (Å²) < 4.78 is 9.56. The molecule has 7 heteroatoms. The van der Waals surface area contributed by atoms with E-state index in [-0.39, 0.29) is 12.8 Å². The summed E-state index contributed by atoms with van der Waals surface area (Å²) in [5, 5.41) is 11.3. The zero-order valence-corrected chi connectivity index (χ0v) is 10.2. The van der Waals surface area contributed by atoms with Gasteiger partial charge in [0.15, 0.2) is 0 Å². The summed E-state index contributed by atoms with van der Waals surface area (Å²) >= 11 is 0. The Labute approximate surface area is 104 Å². The highest BCUT2D eigenvalue weighted by Gasteiger charge is 2.28. The molecule has 0 aliphatic carbocycles. The van der Waals surface area contributed by atoms with Gasteiger partial charge in [0.1, 0.15) is 12.1 Å². The van der Waals surface area contributed by atoms with Gasteiger partial charge in [-0.2, -0.15) is 0 Å². The molecule has 18 heavy (non-hydrogen) atoms. The van der Waals surface area contributed by atoms with Gasteiger partial charge in [0.2, 0.25) is 5.91 Å². The van der Waals surface area contributed by atoms with Crippen LogP contribution in [0.3, 0.4) is 0 Å². The van der Waals surface area contributed by atoms with E-state index in [9.17, 15) is 14.4 Å². The third kappa shape index (κ3) is 4.33. The third-order valence-electron chi connectivity index (χ3n) is 2.70. The SMILES string of the molecule is COC(=O)CCC(NC(=O)[C@@H]1CCCO1)C(=O)O. The standard InChI is InChI=1S/C11H17NO6/c1-17-9(13)5-4-7(11(15)16)12-10(14)8-3-2-6-18-8/h7-8H,2-6H2,1H3,(H,12,14)(H,15,16)/t7?,8-/m0/s1. The fourth-order valence-electron chi connectivity index (χ4n) is 1.67. The Hall–Kier alpha value is -1.63. The van der Waals surface area contributed by atoms with Crippen molar-refractivity contribution in [3.63, 3.8) is 0 Å². The molecule has 1 unspecified atom stereocenters. The number of ether oxygens (including phenoxy) is 2. The zero-order chi connectivity index (χ0) is 13.5. The second-order valence-corrected chi connectivity index (χ2v) is 4.02. The van der Waals surface area contributed by atoms with E-state index in [1.54, 1.807) is 0 Å². The van der Waals surface area contributed by atoms with Crippen LogP contribution in [-0.4, -0.2) is 48.8 Å². The molecule has 2 atom stereocenters. The number of aliphatic carboxylic acids is 1. The monoisotopic (exact) mass is 259 g/mol. The zero-order valence-electron chi connectivity index (χ0n) is 10.2. The van der Waals surface area contributed by atoms with E-state index in [2.05, 4.69) is 10.1 Å². The maximum absolute atomic E-state index is 11.7. The van der Waals surface area contributed by atoms with Gasteiger partial charge in [0, 0.05) is 13.0 Å². The van der Waals surface area contributed by atoms with Crippen molar-refractivity contribution in [2.75, 3.05) is 13.7 Å². The van der Waals surface area contributed by atoms with Gasteiger partial charge in [-0.1, -0.05) is 0 Å². The number of hydrogen-bond acceptors (Lipinski definition) is 5. The first-order valence-corrected chi connectivity index (χ1v) is 5.76. The highest BCUT2D eigenvalue weighted by Crippen LogP contribution is 2.12. The third-order valence-corrected chi connectivity index (χ3v) is 2.70. The fourth-order valence-corrected chi connectivity index (χ4v) is 1.67. The summed E-state index contributed by atoms with van der Waals surface area (Å²) in [6.45, 7) is 0.512. The molecule has 1 aliphatic rings. The molecule has 1 heterocycles. The lowest BCUT2D eigenvalue weighted by molar-refractivity contribution is -0.145. The Bertz CT molecular complexity index is 323. The number of carboxylic acid groups (broad SMARTS) is 1. The average molecular weight is 259 g/mol. The summed E-state index contributed by atoms with van der Waals surface area (Å²) in [5.41, 5.74) is 0. The summed E-state index contributed by atoms with van der Waals surface area (Å²) in [4.78, 5) is 33.5. The number of methoxy groups -OCH3 is 1. The molecule has 0 spiro atoms. The average Bonchev–Trinajstić information content (AvgIpc) is 2.87. The predicted octanol–water partition coefficient (Wildman–Crippen LogP) is -0.312. The van der Waals surface area contributed by atoms with Crippen molar-refractivity contribution in [3.8, 4) is 0 Å². The maximum Gasteiger partial charge on any atom is 0.326 e. The number of nitrogens with one attached hydrogen (secondary N) is 1. The smallest absolute Gasteiger partial charge is 0.326 e. The molecule has 1 fully saturated rings. The molecule has 1 aliphatic heterocycles. The molecule has 7 nitrogen and oxygen atoms in total. The van der Waals surface area contributed by atoms with E-state index in [4.69, 9.17) is 9.84 Å². The summed E-state index contributed by atoms with van der Waals surface area (Å²) in [6.07, 6.45) is 0.748. The first-order valence-electron chi connectivity index (χ1n) is 5.76. The van der Waals surface area contributed by atoms with E-state index in [1.807, 2.05) is 0 Å². The highest BCUT2D eigenvalue weighted by atomic mass is 16.5. The lowest BCUT2D eigenvalue weighted by Gasteiger charge is -2.16. The minimum absolute atomic E-state index is 0.000463. The van der Waals surface area contributed by atoms with E-state index in [1.165, 1.54) is 7.11 Å². The van der Waals surface area contributed by atoms with Crippen LogP contribution < -0.4 is 5.32 Å². The molecule has 0 aromatic carbocycles. The molecule has 0 saturated carbocycles. The van der Waals surface area contributed by atoms with Crippen molar-refractivity contribution in [2.24, 2.45) is 0 Å². The van der Waals surface area contributed by atoms with Gasteiger partial charge in [0.25, 0.3) is 0 Å². The van der Waals surface area contributed by atoms with E-state index >= 15 is 0 Å². The fraction of sp³-hybridized carbons (Fsp3) is 0.727. The largest absolute Gasteiger partial charge is 0.480 e. The summed E-state index contributed by atoms with van der Waals surface area (Å²) in [6, 6.07) is -1.10. The van der Waals surface area contributed by atoms with Crippen molar-refractivity contribution in [1.29, 1.82) is 0 Å². The molecule has 0 aromatic rings. The Kier molecular flexibility index (Phi) is 5.57. The Morgan fingerprint density at radius 3 is 2.72 bits per heavy atom. The van der Waals surface area contributed by atoms with Gasteiger partial charge < -0.3 is 19.9 Å². The molecular weight excluding hydrogens is 242 g/mol. The number of rotatable bonds is 6. The number of amides is 1. The second-order valence-electron chi connectivity index (χ2n) is 4.02. The van der Waals surface area contributed by atoms with Crippen LogP contribution in [0.25, 0.3) is 0 Å². The maximum atomic E-state index is 11.7.